The Kier molecular flexibility index (Phi) is 2.98. The molecule has 1 heterocycles. The first-order valence-corrected chi connectivity index (χ1v) is 5.56. The number of hydrogen-bond acceptors (Lipinski definition) is 3. The van der Waals surface area contributed by atoms with Crippen LogP contribution in [-0.2, 0) is 6.18 Å². The van der Waals surface area contributed by atoms with Gasteiger partial charge >= 0.3 is 6.18 Å². The van der Waals surface area contributed by atoms with Crippen molar-refractivity contribution in [1.82, 2.24) is 4.98 Å². The van der Waals surface area contributed by atoms with Crippen molar-refractivity contribution >= 4 is 29.2 Å². The van der Waals surface area contributed by atoms with Gasteiger partial charge in [-0.15, -0.1) is 23.2 Å². The molecule has 0 bridgehead atoms. The smallest absolute Gasteiger partial charge is 0.433 e. The highest BCUT2D eigenvalue weighted by Crippen LogP contribution is 2.59. The van der Waals surface area contributed by atoms with E-state index in [9.17, 15) is 23.1 Å². The number of carbonyl (C=O) groups excluding carboxylic acids is 1. The van der Waals surface area contributed by atoms with Gasteiger partial charge in [0.1, 0.15) is 10.0 Å². The SMILES string of the molecule is O=C([O-])c1ccc(C(F)(F)F)nc1C1CC1(Cl)Cl. The summed E-state index contributed by atoms with van der Waals surface area (Å²) in [6, 6.07) is 1.39. The number of hydrogen-bond donors (Lipinski definition) is 0. The van der Waals surface area contributed by atoms with Crippen LogP contribution in [0.5, 0.6) is 0 Å². The fourth-order valence-electron chi connectivity index (χ4n) is 1.58. The molecule has 0 amide bonds. The molecule has 1 atom stereocenters. The molecular weight excluding hydrogens is 294 g/mol. The molecule has 2 rings (SSSR count). The first-order valence-electron chi connectivity index (χ1n) is 4.80. The topological polar surface area (TPSA) is 53.0 Å². The van der Waals surface area contributed by atoms with Crippen LogP contribution in [0.1, 0.15) is 34.1 Å². The number of carboxylic acid groups (broad SMARTS) is 1. The van der Waals surface area contributed by atoms with Gasteiger partial charge in [0.2, 0.25) is 0 Å². The molecule has 1 aliphatic rings. The Balaban J connectivity index is 2.50. The van der Waals surface area contributed by atoms with E-state index in [0.717, 1.165) is 6.07 Å². The molecular formula is C10H5Cl2F3NO2-. The molecule has 0 radical (unpaired) electrons. The first kappa shape index (κ1) is 13.4. The van der Waals surface area contributed by atoms with E-state index in [1.807, 2.05) is 0 Å². The van der Waals surface area contributed by atoms with Gasteiger partial charge in [0.15, 0.2) is 0 Å². The second-order valence-electron chi connectivity index (χ2n) is 3.93. The Morgan fingerprint density at radius 2 is 2.00 bits per heavy atom. The van der Waals surface area contributed by atoms with E-state index in [1.165, 1.54) is 0 Å². The standard InChI is InChI=1S/C10H6Cl2F3NO2/c11-9(12)3-5(9)7-4(8(17)18)1-2-6(16-7)10(13,14)15/h1-2,5H,3H2,(H,17,18)/p-1. The highest BCUT2D eigenvalue weighted by atomic mass is 35.5. The molecule has 1 saturated carbocycles. The number of alkyl halides is 5. The molecule has 8 heteroatoms. The van der Waals surface area contributed by atoms with Crippen molar-refractivity contribution in [2.24, 2.45) is 0 Å². The zero-order chi connectivity index (χ0) is 13.7. The van der Waals surface area contributed by atoms with E-state index in [2.05, 4.69) is 4.98 Å². The summed E-state index contributed by atoms with van der Waals surface area (Å²) >= 11 is 11.4. The monoisotopic (exact) mass is 298 g/mol. The van der Waals surface area contributed by atoms with Crippen LogP contribution in [0.2, 0.25) is 0 Å². The summed E-state index contributed by atoms with van der Waals surface area (Å²) < 4.78 is 36.2. The quantitative estimate of drug-likeness (QED) is 0.786. The summed E-state index contributed by atoms with van der Waals surface area (Å²) in [6.45, 7) is 0. The average molecular weight is 299 g/mol. The molecule has 3 nitrogen and oxygen atoms in total. The molecule has 1 fully saturated rings. The lowest BCUT2D eigenvalue weighted by Gasteiger charge is -2.13. The summed E-state index contributed by atoms with van der Waals surface area (Å²) in [7, 11) is 0. The fourth-order valence-corrected chi connectivity index (χ4v) is 2.10. The second-order valence-corrected chi connectivity index (χ2v) is 5.47. The maximum Gasteiger partial charge on any atom is 0.433 e. The number of carbonyl (C=O) groups is 1. The normalized spacial score (nSPS) is 21.7. The van der Waals surface area contributed by atoms with Crippen LogP contribution in [0.3, 0.4) is 0 Å². The van der Waals surface area contributed by atoms with Crippen molar-refractivity contribution in [2.45, 2.75) is 22.8 Å². The molecule has 0 saturated heterocycles. The lowest BCUT2D eigenvalue weighted by Crippen LogP contribution is -2.25. The van der Waals surface area contributed by atoms with Crippen molar-refractivity contribution in [3.63, 3.8) is 0 Å². The van der Waals surface area contributed by atoms with Crippen LogP contribution < -0.4 is 5.11 Å². The Hall–Kier alpha value is -1.01. The van der Waals surface area contributed by atoms with Crippen LogP contribution in [-0.4, -0.2) is 15.3 Å². The lowest BCUT2D eigenvalue weighted by atomic mass is 10.1. The average Bonchev–Trinajstić information content (AvgIpc) is 2.85. The number of carboxylic acids is 1. The maximum absolute atomic E-state index is 12.5. The van der Waals surface area contributed by atoms with E-state index in [4.69, 9.17) is 23.2 Å². The van der Waals surface area contributed by atoms with E-state index in [0.29, 0.717) is 6.07 Å². The van der Waals surface area contributed by atoms with Gasteiger partial charge < -0.3 is 9.90 Å². The third kappa shape index (κ3) is 2.40. The highest BCUT2D eigenvalue weighted by molar-refractivity contribution is 6.51. The summed E-state index contributed by atoms with van der Waals surface area (Å²) in [5.74, 6) is -2.33. The summed E-state index contributed by atoms with van der Waals surface area (Å²) in [5.41, 5.74) is -1.88. The molecule has 0 N–H and O–H groups in total. The Labute approximate surface area is 110 Å². The first-order chi connectivity index (χ1) is 8.13. The lowest BCUT2D eigenvalue weighted by molar-refractivity contribution is -0.255. The van der Waals surface area contributed by atoms with Gasteiger partial charge in [-0.1, -0.05) is 0 Å². The van der Waals surface area contributed by atoms with Crippen molar-refractivity contribution in [1.29, 1.82) is 0 Å². The summed E-state index contributed by atoms with van der Waals surface area (Å²) in [5, 5.41) is 10.8. The molecule has 1 aromatic heterocycles. The molecule has 0 aliphatic heterocycles. The number of nitrogens with zero attached hydrogens (tertiary/aromatic N) is 1. The summed E-state index contributed by atoms with van der Waals surface area (Å²) in [4.78, 5) is 14.1. The largest absolute Gasteiger partial charge is 0.545 e. The Morgan fingerprint density at radius 3 is 2.39 bits per heavy atom. The van der Waals surface area contributed by atoms with E-state index in [1.54, 1.807) is 0 Å². The maximum atomic E-state index is 12.5. The van der Waals surface area contributed by atoms with E-state index in [-0.39, 0.29) is 12.1 Å². The minimum absolute atomic E-state index is 0.157. The number of rotatable bonds is 2. The van der Waals surface area contributed by atoms with Crippen LogP contribution in [0.15, 0.2) is 12.1 Å². The second kappa shape index (κ2) is 3.99. The fraction of sp³-hybridized carbons (Fsp3) is 0.400. The van der Waals surface area contributed by atoms with Gasteiger partial charge in [-0.05, 0) is 18.6 Å². The Morgan fingerprint density at radius 1 is 1.44 bits per heavy atom. The predicted octanol–water partition coefficient (Wildman–Crippen LogP) is 2.13. The van der Waals surface area contributed by atoms with Crippen LogP contribution >= 0.6 is 23.2 Å². The van der Waals surface area contributed by atoms with E-state index < -0.39 is 33.7 Å². The third-order valence-corrected chi connectivity index (χ3v) is 3.43. The van der Waals surface area contributed by atoms with E-state index >= 15 is 0 Å². The summed E-state index contributed by atoms with van der Waals surface area (Å²) in [6.07, 6.45) is -4.50. The van der Waals surface area contributed by atoms with Crippen molar-refractivity contribution in [3.05, 3.63) is 29.1 Å². The molecule has 0 spiro atoms. The molecule has 1 aromatic rings. The number of pyridine rings is 1. The minimum atomic E-state index is -4.66. The van der Waals surface area contributed by atoms with Crippen LogP contribution in [0.25, 0.3) is 0 Å². The minimum Gasteiger partial charge on any atom is -0.545 e. The highest BCUT2D eigenvalue weighted by Gasteiger charge is 2.54. The molecule has 0 aromatic carbocycles. The van der Waals surface area contributed by atoms with Gasteiger partial charge in [-0.2, -0.15) is 13.2 Å². The zero-order valence-electron chi connectivity index (χ0n) is 8.59. The van der Waals surface area contributed by atoms with Crippen molar-refractivity contribution < 1.29 is 23.1 Å². The van der Waals surface area contributed by atoms with Crippen molar-refractivity contribution in [3.8, 4) is 0 Å². The van der Waals surface area contributed by atoms with Gasteiger partial charge in [0.05, 0.1) is 11.7 Å². The van der Waals surface area contributed by atoms with Crippen molar-refractivity contribution in [2.75, 3.05) is 0 Å². The Bertz CT molecular complexity index is 516. The number of aromatic nitrogens is 1. The van der Waals surface area contributed by atoms with Gasteiger partial charge in [-0.25, -0.2) is 4.98 Å². The predicted molar refractivity (Wildman–Crippen MR) is 55.4 cm³/mol. The van der Waals surface area contributed by atoms with Gasteiger partial charge in [0.25, 0.3) is 0 Å². The zero-order valence-corrected chi connectivity index (χ0v) is 10.1. The molecule has 1 aliphatic carbocycles. The van der Waals surface area contributed by atoms with Crippen LogP contribution in [0.4, 0.5) is 13.2 Å². The third-order valence-electron chi connectivity index (χ3n) is 2.59. The number of aromatic carboxylic acids is 1. The van der Waals surface area contributed by atoms with Gasteiger partial charge in [0, 0.05) is 11.5 Å². The number of halogens is 5. The van der Waals surface area contributed by atoms with Crippen LogP contribution in [0, 0.1) is 0 Å². The molecule has 98 valence electrons. The van der Waals surface area contributed by atoms with Gasteiger partial charge in [-0.3, -0.25) is 0 Å². The molecule has 1 unspecified atom stereocenters. The molecule has 18 heavy (non-hydrogen) atoms.